The minimum atomic E-state index is -0.401. The molecule has 2 aromatic heterocycles. The van der Waals surface area contributed by atoms with Crippen LogP contribution in [0.4, 0.5) is 5.13 Å². The van der Waals surface area contributed by atoms with Crippen LogP contribution in [-0.4, -0.2) is 21.1 Å². The number of hydrogen-bond acceptors (Lipinski definition) is 5. The summed E-state index contributed by atoms with van der Waals surface area (Å²) >= 11 is 1.31. The van der Waals surface area contributed by atoms with Gasteiger partial charge in [-0.25, -0.2) is 10.1 Å². The molecule has 94 valence electrons. The zero-order chi connectivity index (χ0) is 13.2. The van der Waals surface area contributed by atoms with Crippen molar-refractivity contribution in [3.05, 3.63) is 51.9 Å². The van der Waals surface area contributed by atoms with E-state index < -0.39 is 5.91 Å². The zero-order valence-electron chi connectivity index (χ0n) is 9.58. The third kappa shape index (κ3) is 2.11. The number of carbonyl (C=O) groups is 1. The molecule has 0 unspecified atom stereocenters. The molecule has 1 aromatic carbocycles. The average molecular weight is 272 g/mol. The van der Waals surface area contributed by atoms with Crippen LogP contribution in [0.5, 0.6) is 0 Å². The highest BCUT2D eigenvalue weighted by molar-refractivity contribution is 7.13. The first kappa shape index (κ1) is 11.5. The van der Waals surface area contributed by atoms with Crippen molar-refractivity contribution < 1.29 is 4.79 Å². The van der Waals surface area contributed by atoms with Crippen LogP contribution in [0.15, 0.2) is 40.6 Å². The molecule has 1 amide bonds. The van der Waals surface area contributed by atoms with Crippen LogP contribution in [0, 0.1) is 0 Å². The van der Waals surface area contributed by atoms with E-state index in [2.05, 4.69) is 20.5 Å². The molecular weight excluding hydrogens is 264 g/mol. The van der Waals surface area contributed by atoms with Crippen molar-refractivity contribution >= 4 is 33.1 Å². The molecule has 19 heavy (non-hydrogen) atoms. The van der Waals surface area contributed by atoms with E-state index in [-0.39, 0.29) is 11.3 Å². The van der Waals surface area contributed by atoms with Crippen molar-refractivity contribution in [2.75, 3.05) is 5.32 Å². The Morgan fingerprint density at radius 2 is 2.05 bits per heavy atom. The summed E-state index contributed by atoms with van der Waals surface area (Å²) in [7, 11) is 0. The minimum Gasteiger partial charge on any atom is -0.296 e. The van der Waals surface area contributed by atoms with Gasteiger partial charge in [-0.2, -0.15) is 5.10 Å². The molecule has 6 nitrogen and oxygen atoms in total. The topological polar surface area (TPSA) is 87.7 Å². The first-order chi connectivity index (χ1) is 9.25. The standard InChI is InChI=1S/C12H8N4O2S/c17-10-8-4-2-1-3-7(8)9(15-16-10)11(18)14-12-13-5-6-19-12/h1-6H,(H,16,17)(H,13,14,18). The molecule has 0 spiro atoms. The molecule has 3 aromatic rings. The molecule has 2 heterocycles. The van der Waals surface area contributed by atoms with Crippen LogP contribution in [-0.2, 0) is 0 Å². The number of fused-ring (bicyclic) bond motifs is 1. The molecule has 0 aliphatic heterocycles. The number of thiazole rings is 1. The number of carbonyl (C=O) groups excluding carboxylic acids is 1. The third-order valence-electron chi connectivity index (χ3n) is 2.56. The number of nitrogens with one attached hydrogen (secondary N) is 2. The largest absolute Gasteiger partial charge is 0.296 e. The number of amides is 1. The van der Waals surface area contributed by atoms with E-state index in [1.54, 1.807) is 35.8 Å². The Hall–Kier alpha value is -2.54. The van der Waals surface area contributed by atoms with Crippen molar-refractivity contribution in [1.82, 2.24) is 15.2 Å². The summed E-state index contributed by atoms with van der Waals surface area (Å²) in [6.07, 6.45) is 1.60. The van der Waals surface area contributed by atoms with Crippen molar-refractivity contribution in [2.24, 2.45) is 0 Å². The lowest BCUT2D eigenvalue weighted by atomic mass is 10.1. The second-order valence-corrected chi connectivity index (χ2v) is 4.63. The zero-order valence-corrected chi connectivity index (χ0v) is 10.4. The van der Waals surface area contributed by atoms with E-state index in [1.807, 2.05) is 0 Å². The fourth-order valence-corrected chi connectivity index (χ4v) is 2.25. The molecule has 7 heteroatoms. The number of aromatic nitrogens is 3. The van der Waals surface area contributed by atoms with Gasteiger partial charge in [-0.15, -0.1) is 11.3 Å². The number of anilines is 1. The Bertz CT molecular complexity index is 795. The highest BCUT2D eigenvalue weighted by atomic mass is 32.1. The van der Waals surface area contributed by atoms with Crippen molar-refractivity contribution in [3.8, 4) is 0 Å². The van der Waals surface area contributed by atoms with E-state index in [4.69, 9.17) is 0 Å². The van der Waals surface area contributed by atoms with Crippen LogP contribution < -0.4 is 10.9 Å². The first-order valence-corrected chi connectivity index (χ1v) is 6.32. The summed E-state index contributed by atoms with van der Waals surface area (Å²) in [6.45, 7) is 0. The van der Waals surface area contributed by atoms with Crippen LogP contribution in [0.2, 0.25) is 0 Å². The number of aromatic amines is 1. The van der Waals surface area contributed by atoms with Gasteiger partial charge < -0.3 is 0 Å². The van der Waals surface area contributed by atoms with Gasteiger partial charge in [0.25, 0.3) is 11.5 Å². The van der Waals surface area contributed by atoms with Crippen LogP contribution in [0.1, 0.15) is 10.5 Å². The fourth-order valence-electron chi connectivity index (χ4n) is 1.73. The Kier molecular flexibility index (Phi) is 2.81. The van der Waals surface area contributed by atoms with Crippen LogP contribution in [0.3, 0.4) is 0 Å². The Labute approximate surface area is 111 Å². The summed E-state index contributed by atoms with van der Waals surface area (Å²) in [5, 5.41) is 12.0. The molecule has 0 aliphatic carbocycles. The minimum absolute atomic E-state index is 0.172. The lowest BCUT2D eigenvalue weighted by molar-refractivity contribution is 0.102. The van der Waals surface area contributed by atoms with Gasteiger partial charge in [0.15, 0.2) is 10.8 Å². The van der Waals surface area contributed by atoms with Gasteiger partial charge in [0.2, 0.25) is 0 Å². The highest BCUT2D eigenvalue weighted by Crippen LogP contribution is 2.15. The number of hydrogen-bond donors (Lipinski definition) is 2. The maximum absolute atomic E-state index is 12.1. The van der Waals surface area contributed by atoms with Gasteiger partial charge in [-0.3, -0.25) is 14.9 Å². The maximum atomic E-state index is 12.1. The van der Waals surface area contributed by atoms with E-state index in [0.717, 1.165) is 0 Å². The van der Waals surface area contributed by atoms with E-state index in [9.17, 15) is 9.59 Å². The normalized spacial score (nSPS) is 10.5. The Balaban J connectivity index is 2.08. The predicted molar refractivity (Wildman–Crippen MR) is 72.4 cm³/mol. The quantitative estimate of drug-likeness (QED) is 0.742. The van der Waals surface area contributed by atoms with Gasteiger partial charge in [-0.1, -0.05) is 18.2 Å². The molecule has 0 fully saturated rings. The third-order valence-corrected chi connectivity index (χ3v) is 3.25. The van der Waals surface area contributed by atoms with E-state index in [1.165, 1.54) is 11.3 Å². The van der Waals surface area contributed by atoms with Gasteiger partial charge >= 0.3 is 0 Å². The summed E-state index contributed by atoms with van der Waals surface area (Å²) < 4.78 is 0. The van der Waals surface area contributed by atoms with Gasteiger partial charge in [0.05, 0.1) is 5.39 Å². The average Bonchev–Trinajstić information content (AvgIpc) is 2.92. The number of H-pyrrole nitrogens is 1. The Morgan fingerprint density at radius 3 is 2.79 bits per heavy atom. The van der Waals surface area contributed by atoms with Gasteiger partial charge in [0.1, 0.15) is 0 Å². The molecule has 0 atom stereocenters. The summed E-state index contributed by atoms with van der Waals surface area (Å²) in [5.41, 5.74) is -0.146. The number of benzene rings is 1. The van der Waals surface area contributed by atoms with Crippen LogP contribution >= 0.6 is 11.3 Å². The molecule has 3 rings (SSSR count). The monoisotopic (exact) mass is 272 g/mol. The smallest absolute Gasteiger partial charge is 0.278 e. The highest BCUT2D eigenvalue weighted by Gasteiger charge is 2.14. The second-order valence-electron chi connectivity index (χ2n) is 3.74. The number of nitrogens with zero attached hydrogens (tertiary/aromatic N) is 2. The van der Waals surface area contributed by atoms with Crippen molar-refractivity contribution in [2.45, 2.75) is 0 Å². The van der Waals surface area contributed by atoms with Crippen LogP contribution in [0.25, 0.3) is 10.8 Å². The lowest BCUT2D eigenvalue weighted by Crippen LogP contribution is -2.19. The molecule has 0 saturated heterocycles. The molecular formula is C12H8N4O2S. The molecule has 0 saturated carbocycles. The van der Waals surface area contributed by atoms with Gasteiger partial charge in [-0.05, 0) is 6.07 Å². The van der Waals surface area contributed by atoms with Crippen molar-refractivity contribution in [1.29, 1.82) is 0 Å². The van der Waals surface area contributed by atoms with Crippen molar-refractivity contribution in [3.63, 3.8) is 0 Å². The first-order valence-electron chi connectivity index (χ1n) is 5.44. The fraction of sp³-hybridized carbons (Fsp3) is 0. The van der Waals surface area contributed by atoms with Gasteiger partial charge in [0, 0.05) is 17.0 Å². The number of rotatable bonds is 2. The lowest BCUT2D eigenvalue weighted by Gasteiger charge is -2.04. The predicted octanol–water partition coefficient (Wildman–Crippen LogP) is 1.63. The van der Waals surface area contributed by atoms with E-state index in [0.29, 0.717) is 15.9 Å². The molecule has 0 radical (unpaired) electrons. The molecule has 2 N–H and O–H groups in total. The summed E-state index contributed by atoms with van der Waals surface area (Å²) in [4.78, 5) is 27.7. The van der Waals surface area contributed by atoms with E-state index >= 15 is 0 Å². The molecule has 0 bridgehead atoms. The summed E-state index contributed by atoms with van der Waals surface area (Å²) in [6, 6.07) is 6.83. The molecule has 0 aliphatic rings. The second kappa shape index (κ2) is 4.62. The SMILES string of the molecule is O=C(Nc1nccs1)c1n[nH]c(=O)c2ccccc12. The Morgan fingerprint density at radius 1 is 1.26 bits per heavy atom. The maximum Gasteiger partial charge on any atom is 0.278 e. The summed E-state index contributed by atoms with van der Waals surface area (Å²) in [5.74, 6) is -0.401.